The second-order valence-electron chi connectivity index (χ2n) is 8.53. The molecule has 154 valence electrons. The van der Waals surface area contributed by atoms with Crippen LogP contribution in [-0.4, -0.2) is 79.4 Å². The topological polar surface area (TPSA) is 71.1 Å². The molecule has 1 N–H and O–H groups in total. The van der Waals surface area contributed by atoms with E-state index in [9.17, 15) is 9.59 Å². The molecule has 3 rings (SSSR count). The first-order chi connectivity index (χ1) is 13.0. The normalized spacial score (nSPS) is 29.6. The molecule has 2 amide bonds. The van der Waals surface area contributed by atoms with Gasteiger partial charge >= 0.3 is 6.09 Å². The molecule has 2 atom stereocenters. The van der Waals surface area contributed by atoms with Gasteiger partial charge < -0.3 is 19.7 Å². The van der Waals surface area contributed by atoms with Gasteiger partial charge in [-0.15, -0.1) is 0 Å². The molecule has 3 fully saturated rings. The molecular formula is C20H35N3O4. The fraction of sp³-hybridized carbons (Fsp3) is 0.900. The molecule has 0 spiro atoms. The lowest BCUT2D eigenvalue weighted by atomic mass is 9.87. The predicted octanol–water partition coefficient (Wildman–Crippen LogP) is 1.86. The summed E-state index contributed by atoms with van der Waals surface area (Å²) >= 11 is 0. The maximum absolute atomic E-state index is 12.3. The molecule has 3 heterocycles. The van der Waals surface area contributed by atoms with Crippen LogP contribution in [0.3, 0.4) is 0 Å². The first-order valence-corrected chi connectivity index (χ1v) is 10.5. The molecule has 3 saturated heterocycles. The van der Waals surface area contributed by atoms with Crippen LogP contribution in [0.25, 0.3) is 0 Å². The lowest BCUT2D eigenvalue weighted by molar-refractivity contribution is -0.127. The van der Waals surface area contributed by atoms with Crippen LogP contribution in [0.2, 0.25) is 0 Å². The third-order valence-corrected chi connectivity index (χ3v) is 6.08. The summed E-state index contributed by atoms with van der Waals surface area (Å²) in [5.41, 5.74) is 0. The number of carbonyl (C=O) groups excluding carboxylic acids is 2. The van der Waals surface area contributed by atoms with Crippen molar-refractivity contribution in [1.29, 1.82) is 0 Å². The fourth-order valence-electron chi connectivity index (χ4n) is 4.66. The van der Waals surface area contributed by atoms with E-state index in [0.29, 0.717) is 31.8 Å². The Kier molecular flexibility index (Phi) is 6.98. The Morgan fingerprint density at radius 2 is 1.74 bits per heavy atom. The largest absolute Gasteiger partial charge is 0.450 e. The second-order valence-corrected chi connectivity index (χ2v) is 8.53. The molecule has 3 aliphatic rings. The van der Waals surface area contributed by atoms with E-state index < -0.39 is 0 Å². The minimum atomic E-state index is -0.199. The Morgan fingerprint density at radius 3 is 2.30 bits per heavy atom. The fourth-order valence-corrected chi connectivity index (χ4v) is 4.66. The van der Waals surface area contributed by atoms with Crippen molar-refractivity contribution >= 4 is 12.0 Å². The maximum Gasteiger partial charge on any atom is 0.410 e. The highest BCUT2D eigenvalue weighted by Crippen LogP contribution is 2.33. The number of piperidine rings is 2. The van der Waals surface area contributed by atoms with Gasteiger partial charge in [0.1, 0.15) is 0 Å². The van der Waals surface area contributed by atoms with E-state index in [1.54, 1.807) is 0 Å². The molecule has 3 aliphatic heterocycles. The zero-order valence-corrected chi connectivity index (χ0v) is 17.0. The van der Waals surface area contributed by atoms with E-state index in [1.165, 1.54) is 0 Å². The molecule has 0 aromatic rings. The van der Waals surface area contributed by atoms with Gasteiger partial charge in [-0.3, -0.25) is 9.69 Å². The molecule has 27 heavy (non-hydrogen) atoms. The average molecular weight is 382 g/mol. The van der Waals surface area contributed by atoms with Crippen molar-refractivity contribution in [2.24, 2.45) is 11.8 Å². The van der Waals surface area contributed by atoms with E-state index in [-0.39, 0.29) is 30.0 Å². The number of nitrogens with one attached hydrogen (secondary N) is 1. The van der Waals surface area contributed by atoms with Gasteiger partial charge in [-0.2, -0.15) is 0 Å². The Bertz CT molecular complexity index is 505. The Hall–Kier alpha value is -1.34. The van der Waals surface area contributed by atoms with Gasteiger partial charge in [-0.25, -0.2) is 4.79 Å². The number of hydrogen-bond donors (Lipinski definition) is 1. The summed E-state index contributed by atoms with van der Waals surface area (Å²) in [6.45, 7) is 10.4. The van der Waals surface area contributed by atoms with E-state index in [2.05, 4.69) is 24.1 Å². The van der Waals surface area contributed by atoms with Gasteiger partial charge in [-0.05, 0) is 51.6 Å². The third-order valence-electron chi connectivity index (χ3n) is 6.08. The summed E-state index contributed by atoms with van der Waals surface area (Å²) < 4.78 is 11.0. The molecule has 0 aromatic heterocycles. The van der Waals surface area contributed by atoms with Crippen LogP contribution in [0, 0.1) is 11.8 Å². The van der Waals surface area contributed by atoms with Crippen molar-refractivity contribution < 1.29 is 19.1 Å². The number of fused-ring (bicyclic) bond motifs is 2. The highest BCUT2D eigenvalue weighted by atomic mass is 16.6. The number of hydrogen-bond acceptors (Lipinski definition) is 5. The Balaban J connectivity index is 1.51. The van der Waals surface area contributed by atoms with Gasteiger partial charge in [0.15, 0.2) is 0 Å². The Morgan fingerprint density at radius 1 is 1.11 bits per heavy atom. The second kappa shape index (κ2) is 9.24. The quantitative estimate of drug-likeness (QED) is 0.787. The van der Waals surface area contributed by atoms with Gasteiger partial charge in [0.05, 0.1) is 31.9 Å². The van der Waals surface area contributed by atoms with Gasteiger partial charge in [0, 0.05) is 18.5 Å². The molecular weight excluding hydrogens is 346 g/mol. The third kappa shape index (κ3) is 4.93. The lowest BCUT2D eigenvalue weighted by Gasteiger charge is -2.50. The number of rotatable bonds is 5. The van der Waals surface area contributed by atoms with Crippen molar-refractivity contribution in [1.82, 2.24) is 15.1 Å². The zero-order valence-electron chi connectivity index (χ0n) is 17.0. The van der Waals surface area contributed by atoms with Crippen molar-refractivity contribution in [2.45, 2.75) is 64.6 Å². The van der Waals surface area contributed by atoms with Crippen molar-refractivity contribution in [2.75, 3.05) is 39.5 Å². The molecule has 2 bridgehead atoms. The highest BCUT2D eigenvalue weighted by molar-refractivity contribution is 5.78. The monoisotopic (exact) mass is 381 g/mol. The smallest absolute Gasteiger partial charge is 0.410 e. The average Bonchev–Trinajstić information content (AvgIpc) is 2.65. The van der Waals surface area contributed by atoms with Gasteiger partial charge in [-0.1, -0.05) is 13.8 Å². The molecule has 7 nitrogen and oxygen atoms in total. The van der Waals surface area contributed by atoms with E-state index in [0.717, 1.165) is 45.3 Å². The number of amides is 2. The number of likely N-dealkylation sites (tertiary alicyclic amines) is 1. The van der Waals surface area contributed by atoms with Gasteiger partial charge in [0.25, 0.3) is 0 Å². The van der Waals surface area contributed by atoms with Crippen LogP contribution < -0.4 is 5.32 Å². The summed E-state index contributed by atoms with van der Waals surface area (Å²) in [7, 11) is 0. The van der Waals surface area contributed by atoms with E-state index in [1.807, 2.05) is 11.8 Å². The number of carbonyl (C=O) groups is 2. The van der Waals surface area contributed by atoms with E-state index in [4.69, 9.17) is 9.47 Å². The standard InChI is InChI=1S/C20H35N3O4/c1-4-27-20(25)23-17-9-16(10-18(23)13-26-12-17)22-7-5-15(6-8-22)19(24)21-11-14(2)3/h14-18H,4-13H2,1-3H3,(H,21,24). The van der Waals surface area contributed by atoms with Crippen molar-refractivity contribution in [3.63, 3.8) is 0 Å². The minimum absolute atomic E-state index is 0.105. The maximum atomic E-state index is 12.3. The van der Waals surface area contributed by atoms with Crippen LogP contribution in [0.4, 0.5) is 4.79 Å². The first-order valence-electron chi connectivity index (χ1n) is 10.5. The highest BCUT2D eigenvalue weighted by Gasteiger charge is 2.44. The van der Waals surface area contributed by atoms with Crippen molar-refractivity contribution in [3.8, 4) is 0 Å². The molecule has 2 unspecified atom stereocenters. The van der Waals surface area contributed by atoms with E-state index >= 15 is 0 Å². The summed E-state index contributed by atoms with van der Waals surface area (Å²) in [4.78, 5) is 29.1. The first kappa shape index (κ1) is 20.4. The summed E-state index contributed by atoms with van der Waals surface area (Å²) in [5, 5.41) is 3.08. The number of nitrogens with zero attached hydrogens (tertiary/aromatic N) is 2. The SMILES string of the molecule is CCOC(=O)N1C2COCC1CC(N1CCC(C(=O)NCC(C)C)CC1)C2. The van der Waals surface area contributed by atoms with Crippen LogP contribution in [0.15, 0.2) is 0 Å². The number of morpholine rings is 1. The molecule has 0 saturated carbocycles. The van der Waals surface area contributed by atoms with Crippen LogP contribution >= 0.6 is 0 Å². The number of ether oxygens (including phenoxy) is 2. The molecule has 0 aliphatic carbocycles. The van der Waals surface area contributed by atoms with Crippen LogP contribution in [-0.2, 0) is 14.3 Å². The summed E-state index contributed by atoms with van der Waals surface area (Å²) in [6, 6.07) is 0.677. The van der Waals surface area contributed by atoms with Crippen LogP contribution in [0.1, 0.15) is 46.5 Å². The zero-order chi connectivity index (χ0) is 19.4. The predicted molar refractivity (Wildman–Crippen MR) is 102 cm³/mol. The minimum Gasteiger partial charge on any atom is -0.450 e. The summed E-state index contributed by atoms with van der Waals surface area (Å²) in [5.74, 6) is 0.841. The van der Waals surface area contributed by atoms with Crippen molar-refractivity contribution in [3.05, 3.63) is 0 Å². The lowest BCUT2D eigenvalue weighted by Crippen LogP contribution is -2.63. The Labute approximate surface area is 162 Å². The molecule has 0 aromatic carbocycles. The summed E-state index contributed by atoms with van der Waals surface area (Å²) in [6.07, 6.45) is 3.51. The molecule has 7 heteroatoms. The molecule has 0 radical (unpaired) electrons. The van der Waals surface area contributed by atoms with Crippen LogP contribution in [0.5, 0.6) is 0 Å². The van der Waals surface area contributed by atoms with Gasteiger partial charge in [0.2, 0.25) is 5.91 Å².